The predicted molar refractivity (Wildman–Crippen MR) is 78.8 cm³/mol. The van der Waals surface area contributed by atoms with Gasteiger partial charge < -0.3 is 10.0 Å². The van der Waals surface area contributed by atoms with Gasteiger partial charge in [0.1, 0.15) is 0 Å². The predicted octanol–water partition coefficient (Wildman–Crippen LogP) is 3.24. The SMILES string of the molecule is CC1(O)CCN(c2ccnc3cc(Cl)ccc23)CC1. The van der Waals surface area contributed by atoms with Crippen LogP contribution in [0.5, 0.6) is 0 Å². The molecule has 0 aliphatic carbocycles. The number of anilines is 1. The minimum Gasteiger partial charge on any atom is -0.390 e. The molecule has 2 aromatic rings. The largest absolute Gasteiger partial charge is 0.390 e. The first-order chi connectivity index (χ1) is 9.05. The lowest BCUT2D eigenvalue weighted by Gasteiger charge is -2.37. The second-order valence-electron chi connectivity index (χ2n) is 5.48. The maximum absolute atomic E-state index is 10.0. The number of fused-ring (bicyclic) bond motifs is 1. The first-order valence-electron chi connectivity index (χ1n) is 6.57. The van der Waals surface area contributed by atoms with Crippen LogP contribution in [-0.4, -0.2) is 28.8 Å². The minimum absolute atomic E-state index is 0.525. The highest BCUT2D eigenvalue weighted by atomic mass is 35.5. The van der Waals surface area contributed by atoms with Crippen LogP contribution in [-0.2, 0) is 0 Å². The number of halogens is 1. The van der Waals surface area contributed by atoms with Gasteiger partial charge in [0, 0.05) is 35.4 Å². The zero-order chi connectivity index (χ0) is 13.5. The topological polar surface area (TPSA) is 36.4 Å². The third kappa shape index (κ3) is 2.53. The molecule has 1 N–H and O–H groups in total. The Labute approximate surface area is 117 Å². The number of hydrogen-bond donors (Lipinski definition) is 1. The van der Waals surface area contributed by atoms with Crippen molar-refractivity contribution in [1.29, 1.82) is 0 Å². The average Bonchev–Trinajstić information content (AvgIpc) is 2.38. The number of pyridine rings is 1. The van der Waals surface area contributed by atoms with Gasteiger partial charge in [0.15, 0.2) is 0 Å². The van der Waals surface area contributed by atoms with E-state index >= 15 is 0 Å². The molecule has 1 saturated heterocycles. The zero-order valence-corrected chi connectivity index (χ0v) is 11.7. The fraction of sp³-hybridized carbons (Fsp3) is 0.400. The van der Waals surface area contributed by atoms with Crippen molar-refractivity contribution in [3.8, 4) is 0 Å². The van der Waals surface area contributed by atoms with Crippen molar-refractivity contribution in [2.45, 2.75) is 25.4 Å². The molecule has 2 heterocycles. The highest BCUT2D eigenvalue weighted by Gasteiger charge is 2.27. The van der Waals surface area contributed by atoms with Gasteiger partial charge in [-0.2, -0.15) is 0 Å². The van der Waals surface area contributed by atoms with Crippen LogP contribution in [0.25, 0.3) is 10.9 Å². The molecule has 0 amide bonds. The molecular formula is C15H17ClN2O. The van der Waals surface area contributed by atoms with Crippen LogP contribution in [0, 0.1) is 0 Å². The van der Waals surface area contributed by atoms with E-state index in [2.05, 4.69) is 9.88 Å². The van der Waals surface area contributed by atoms with Gasteiger partial charge in [-0.3, -0.25) is 4.98 Å². The van der Waals surface area contributed by atoms with Crippen LogP contribution in [0.4, 0.5) is 5.69 Å². The first-order valence-corrected chi connectivity index (χ1v) is 6.95. The fourth-order valence-corrected chi connectivity index (χ4v) is 2.78. The molecule has 1 fully saturated rings. The second-order valence-corrected chi connectivity index (χ2v) is 5.91. The van der Waals surface area contributed by atoms with Gasteiger partial charge in [-0.1, -0.05) is 11.6 Å². The molecule has 0 bridgehead atoms. The highest BCUT2D eigenvalue weighted by Crippen LogP contribution is 2.31. The number of benzene rings is 1. The van der Waals surface area contributed by atoms with Crippen molar-refractivity contribution in [3.05, 3.63) is 35.5 Å². The van der Waals surface area contributed by atoms with Gasteiger partial charge in [-0.25, -0.2) is 0 Å². The molecule has 0 spiro atoms. The monoisotopic (exact) mass is 276 g/mol. The molecule has 0 atom stereocenters. The summed E-state index contributed by atoms with van der Waals surface area (Å²) in [6.45, 7) is 3.65. The van der Waals surface area contributed by atoms with E-state index in [0.29, 0.717) is 5.02 Å². The molecule has 3 rings (SSSR count). The summed E-state index contributed by atoms with van der Waals surface area (Å²) < 4.78 is 0. The normalized spacial score (nSPS) is 18.8. The highest BCUT2D eigenvalue weighted by molar-refractivity contribution is 6.31. The summed E-state index contributed by atoms with van der Waals surface area (Å²) in [6, 6.07) is 7.85. The molecule has 0 saturated carbocycles. The van der Waals surface area contributed by atoms with Gasteiger partial charge in [0.05, 0.1) is 11.1 Å². The van der Waals surface area contributed by atoms with E-state index < -0.39 is 5.60 Å². The molecule has 0 unspecified atom stereocenters. The molecule has 1 aromatic heterocycles. The maximum Gasteiger partial charge on any atom is 0.0737 e. The standard InChI is InChI=1S/C15H17ClN2O/c1-15(19)5-8-18(9-6-15)14-4-7-17-13-10-11(16)2-3-12(13)14/h2-4,7,10,19H,5-6,8-9H2,1H3. The molecule has 1 aromatic carbocycles. The second kappa shape index (κ2) is 4.66. The Hall–Kier alpha value is -1.32. The Kier molecular flexibility index (Phi) is 3.11. The number of rotatable bonds is 1. The van der Waals surface area contributed by atoms with Crippen LogP contribution in [0.1, 0.15) is 19.8 Å². The maximum atomic E-state index is 10.0. The zero-order valence-electron chi connectivity index (χ0n) is 10.9. The van der Waals surface area contributed by atoms with Crippen LogP contribution in [0.15, 0.2) is 30.5 Å². The molecule has 1 aliphatic heterocycles. The summed E-state index contributed by atoms with van der Waals surface area (Å²) in [6.07, 6.45) is 3.41. The van der Waals surface area contributed by atoms with E-state index in [9.17, 15) is 5.11 Å². The van der Waals surface area contributed by atoms with Crippen molar-refractivity contribution >= 4 is 28.2 Å². The molecule has 1 aliphatic rings. The van der Waals surface area contributed by atoms with E-state index in [0.717, 1.165) is 36.8 Å². The lowest BCUT2D eigenvalue weighted by atomic mass is 9.93. The Morgan fingerprint density at radius 2 is 2.00 bits per heavy atom. The van der Waals surface area contributed by atoms with Gasteiger partial charge in [0.2, 0.25) is 0 Å². The lowest BCUT2D eigenvalue weighted by molar-refractivity contribution is 0.0352. The molecule has 0 radical (unpaired) electrons. The molecule has 19 heavy (non-hydrogen) atoms. The average molecular weight is 277 g/mol. The van der Waals surface area contributed by atoms with E-state index in [4.69, 9.17) is 11.6 Å². The molecular weight excluding hydrogens is 260 g/mol. The van der Waals surface area contributed by atoms with Gasteiger partial charge >= 0.3 is 0 Å². The summed E-state index contributed by atoms with van der Waals surface area (Å²) in [5, 5.41) is 11.9. The van der Waals surface area contributed by atoms with E-state index in [-0.39, 0.29) is 0 Å². The summed E-state index contributed by atoms with van der Waals surface area (Å²) in [4.78, 5) is 6.68. The van der Waals surface area contributed by atoms with E-state index in [1.165, 1.54) is 5.69 Å². The fourth-order valence-electron chi connectivity index (χ4n) is 2.61. The number of hydrogen-bond acceptors (Lipinski definition) is 3. The number of nitrogens with zero attached hydrogens (tertiary/aromatic N) is 2. The quantitative estimate of drug-likeness (QED) is 0.869. The smallest absolute Gasteiger partial charge is 0.0737 e. The Morgan fingerprint density at radius 3 is 2.74 bits per heavy atom. The summed E-state index contributed by atoms with van der Waals surface area (Å²) in [5.74, 6) is 0. The summed E-state index contributed by atoms with van der Waals surface area (Å²) >= 11 is 6.01. The van der Waals surface area contributed by atoms with Crippen molar-refractivity contribution in [1.82, 2.24) is 4.98 Å². The third-order valence-electron chi connectivity index (χ3n) is 3.86. The number of aliphatic hydroxyl groups is 1. The minimum atomic E-state index is -0.525. The molecule has 3 nitrogen and oxygen atoms in total. The van der Waals surface area contributed by atoms with E-state index in [1.807, 2.05) is 37.4 Å². The van der Waals surface area contributed by atoms with Crippen LogP contribution < -0.4 is 4.90 Å². The summed E-state index contributed by atoms with van der Waals surface area (Å²) in [5.41, 5.74) is 1.57. The summed E-state index contributed by atoms with van der Waals surface area (Å²) in [7, 11) is 0. The lowest BCUT2D eigenvalue weighted by Crippen LogP contribution is -2.42. The van der Waals surface area contributed by atoms with Gasteiger partial charge in [-0.05, 0) is 44.0 Å². The van der Waals surface area contributed by atoms with Gasteiger partial charge in [-0.15, -0.1) is 0 Å². The van der Waals surface area contributed by atoms with Crippen molar-refractivity contribution in [3.63, 3.8) is 0 Å². The van der Waals surface area contributed by atoms with Crippen LogP contribution >= 0.6 is 11.6 Å². The van der Waals surface area contributed by atoms with Crippen LogP contribution in [0.3, 0.4) is 0 Å². The molecule has 100 valence electrons. The van der Waals surface area contributed by atoms with Crippen LogP contribution in [0.2, 0.25) is 5.02 Å². The molecule has 4 heteroatoms. The number of aromatic nitrogens is 1. The first kappa shape index (κ1) is 12.7. The van der Waals surface area contributed by atoms with Crippen molar-refractivity contribution in [2.75, 3.05) is 18.0 Å². The Balaban J connectivity index is 1.97. The van der Waals surface area contributed by atoms with Crippen molar-refractivity contribution < 1.29 is 5.11 Å². The third-order valence-corrected chi connectivity index (χ3v) is 4.10. The van der Waals surface area contributed by atoms with E-state index in [1.54, 1.807) is 0 Å². The number of piperidine rings is 1. The van der Waals surface area contributed by atoms with Crippen molar-refractivity contribution in [2.24, 2.45) is 0 Å². The Morgan fingerprint density at radius 1 is 1.26 bits per heavy atom. The Bertz CT molecular complexity index is 602. The van der Waals surface area contributed by atoms with Gasteiger partial charge in [0.25, 0.3) is 0 Å².